The Labute approximate surface area is 111 Å². The largest absolute Gasteiger partial charge is 0.335 e. The van der Waals surface area contributed by atoms with Crippen LogP contribution in [0.4, 0.5) is 11.4 Å². The van der Waals surface area contributed by atoms with Gasteiger partial charge in [-0.1, -0.05) is 11.8 Å². The van der Waals surface area contributed by atoms with Gasteiger partial charge in [0.2, 0.25) is 5.91 Å². The first-order valence-electron chi connectivity index (χ1n) is 5.99. The molecule has 1 atom stereocenters. The van der Waals surface area contributed by atoms with Gasteiger partial charge in [0.05, 0.1) is 6.04 Å². The highest BCUT2D eigenvalue weighted by Crippen LogP contribution is 2.20. The molecule has 0 aromatic heterocycles. The molecule has 1 aliphatic heterocycles. The summed E-state index contributed by atoms with van der Waals surface area (Å²) in [5.41, 5.74) is 1.80. The lowest BCUT2D eigenvalue weighted by atomic mass is 10.2. The van der Waals surface area contributed by atoms with Gasteiger partial charge in [-0.25, -0.2) is 0 Å². The van der Waals surface area contributed by atoms with E-state index in [4.69, 9.17) is 0 Å². The molecule has 0 radical (unpaired) electrons. The number of thioether (sulfide) groups is 1. The third-order valence-corrected chi connectivity index (χ3v) is 3.49. The molecule has 1 amide bonds. The van der Waals surface area contributed by atoms with Gasteiger partial charge in [-0.2, -0.15) is 0 Å². The second-order valence-corrected chi connectivity index (χ2v) is 5.39. The van der Waals surface area contributed by atoms with Crippen molar-refractivity contribution in [3.05, 3.63) is 24.3 Å². The number of hydrogen-bond acceptors (Lipinski definition) is 4. The molecule has 5 heteroatoms. The first-order valence-corrected chi connectivity index (χ1v) is 6.97. The highest BCUT2D eigenvalue weighted by Gasteiger charge is 2.11. The van der Waals surface area contributed by atoms with E-state index in [0.29, 0.717) is 6.04 Å². The van der Waals surface area contributed by atoms with E-state index in [9.17, 15) is 4.79 Å². The van der Waals surface area contributed by atoms with Crippen LogP contribution < -0.4 is 10.6 Å². The smallest absolute Gasteiger partial charge is 0.221 e. The minimum atomic E-state index is -0.0586. The van der Waals surface area contributed by atoms with Gasteiger partial charge in [-0.15, -0.1) is 0 Å². The van der Waals surface area contributed by atoms with E-state index in [1.807, 2.05) is 24.3 Å². The second-order valence-electron chi connectivity index (χ2n) is 4.30. The summed E-state index contributed by atoms with van der Waals surface area (Å²) in [5, 5.41) is 7.01. The van der Waals surface area contributed by atoms with E-state index in [1.54, 1.807) is 11.8 Å². The predicted molar refractivity (Wildman–Crippen MR) is 78.3 cm³/mol. The van der Waals surface area contributed by atoms with Crippen LogP contribution in [0, 0.1) is 0 Å². The number of nitrogens with zero attached hydrogens (tertiary/aromatic N) is 1. The van der Waals surface area contributed by atoms with Gasteiger partial charge in [0, 0.05) is 24.1 Å². The molecule has 0 saturated heterocycles. The van der Waals surface area contributed by atoms with E-state index in [-0.39, 0.29) is 5.91 Å². The van der Waals surface area contributed by atoms with E-state index < -0.39 is 0 Å². The minimum absolute atomic E-state index is 0.0586. The maximum absolute atomic E-state index is 10.9. The van der Waals surface area contributed by atoms with Crippen LogP contribution >= 0.6 is 11.8 Å². The maximum atomic E-state index is 10.9. The molecule has 1 heterocycles. The Morgan fingerprint density at radius 3 is 2.61 bits per heavy atom. The SMILES string of the molecule is CC(=O)Nc1ccc(NC2=NC(C)CCS2)cc1. The molecule has 0 aliphatic carbocycles. The summed E-state index contributed by atoms with van der Waals surface area (Å²) < 4.78 is 0. The summed E-state index contributed by atoms with van der Waals surface area (Å²) >= 11 is 1.75. The summed E-state index contributed by atoms with van der Waals surface area (Å²) in [7, 11) is 0. The Bertz CT molecular complexity index is 456. The molecule has 2 N–H and O–H groups in total. The molecule has 1 unspecified atom stereocenters. The van der Waals surface area contributed by atoms with Crippen LogP contribution in [-0.2, 0) is 4.79 Å². The average Bonchev–Trinajstić information content (AvgIpc) is 2.31. The van der Waals surface area contributed by atoms with Crippen molar-refractivity contribution in [2.75, 3.05) is 16.4 Å². The first-order chi connectivity index (χ1) is 8.63. The molecule has 4 nitrogen and oxygen atoms in total. The summed E-state index contributed by atoms with van der Waals surface area (Å²) in [5.74, 6) is 1.05. The van der Waals surface area contributed by atoms with Crippen LogP contribution in [-0.4, -0.2) is 22.9 Å². The lowest BCUT2D eigenvalue weighted by Crippen LogP contribution is -2.17. The van der Waals surface area contributed by atoms with Crippen LogP contribution in [0.5, 0.6) is 0 Å². The van der Waals surface area contributed by atoms with E-state index >= 15 is 0 Å². The molecule has 0 bridgehead atoms. The molecule has 0 spiro atoms. The third kappa shape index (κ3) is 3.77. The average molecular weight is 263 g/mol. The number of carbonyl (C=O) groups excluding carboxylic acids is 1. The number of hydrogen-bond donors (Lipinski definition) is 2. The van der Waals surface area contributed by atoms with Crippen molar-refractivity contribution in [3.63, 3.8) is 0 Å². The highest BCUT2D eigenvalue weighted by molar-refractivity contribution is 8.14. The van der Waals surface area contributed by atoms with Crippen LogP contribution in [0.25, 0.3) is 0 Å². The fraction of sp³-hybridized carbons (Fsp3) is 0.385. The Balaban J connectivity index is 1.99. The number of aliphatic imine (C=N–C) groups is 1. The normalized spacial score (nSPS) is 19.0. The molecule has 1 aliphatic rings. The van der Waals surface area contributed by atoms with Crippen LogP contribution in [0.3, 0.4) is 0 Å². The number of nitrogens with one attached hydrogen (secondary N) is 2. The quantitative estimate of drug-likeness (QED) is 0.862. The number of anilines is 2. The molecule has 2 rings (SSSR count). The summed E-state index contributed by atoms with van der Waals surface area (Å²) in [4.78, 5) is 15.4. The van der Waals surface area contributed by atoms with Crippen molar-refractivity contribution in [2.24, 2.45) is 4.99 Å². The van der Waals surface area contributed by atoms with E-state index in [0.717, 1.165) is 28.7 Å². The lowest BCUT2D eigenvalue weighted by Gasteiger charge is -2.17. The summed E-state index contributed by atoms with van der Waals surface area (Å²) in [6.45, 7) is 3.63. The van der Waals surface area contributed by atoms with Gasteiger partial charge in [-0.3, -0.25) is 9.79 Å². The van der Waals surface area contributed by atoms with Crippen molar-refractivity contribution in [3.8, 4) is 0 Å². The van der Waals surface area contributed by atoms with Crippen molar-refractivity contribution < 1.29 is 4.79 Å². The standard InChI is InChI=1S/C13H17N3OS/c1-9-7-8-18-13(14-9)16-12-5-3-11(4-6-12)15-10(2)17/h3-6,9H,7-8H2,1-2H3,(H,14,16)(H,15,17). The Kier molecular flexibility index (Phi) is 4.25. The number of benzene rings is 1. The topological polar surface area (TPSA) is 53.5 Å². The molecule has 0 saturated carbocycles. The lowest BCUT2D eigenvalue weighted by molar-refractivity contribution is -0.114. The fourth-order valence-electron chi connectivity index (χ4n) is 1.66. The molecule has 0 fully saturated rings. The second kappa shape index (κ2) is 5.91. The van der Waals surface area contributed by atoms with Gasteiger partial charge >= 0.3 is 0 Å². The van der Waals surface area contributed by atoms with Crippen molar-refractivity contribution in [2.45, 2.75) is 26.3 Å². The number of amidine groups is 1. The van der Waals surface area contributed by atoms with E-state index in [1.165, 1.54) is 6.92 Å². The van der Waals surface area contributed by atoms with Crippen molar-refractivity contribution in [1.29, 1.82) is 0 Å². The van der Waals surface area contributed by atoms with Gasteiger partial charge in [0.25, 0.3) is 0 Å². The monoisotopic (exact) mass is 263 g/mol. The fourth-order valence-corrected chi connectivity index (χ4v) is 2.76. The zero-order chi connectivity index (χ0) is 13.0. The number of carbonyl (C=O) groups is 1. The van der Waals surface area contributed by atoms with E-state index in [2.05, 4.69) is 22.5 Å². The maximum Gasteiger partial charge on any atom is 0.221 e. The van der Waals surface area contributed by atoms with Gasteiger partial charge in [0.1, 0.15) is 0 Å². The van der Waals surface area contributed by atoms with Gasteiger partial charge < -0.3 is 10.6 Å². The van der Waals surface area contributed by atoms with Crippen molar-refractivity contribution in [1.82, 2.24) is 0 Å². The molecule has 18 heavy (non-hydrogen) atoms. The predicted octanol–water partition coefficient (Wildman–Crippen LogP) is 2.94. The molecule has 1 aromatic carbocycles. The molecular weight excluding hydrogens is 246 g/mol. The zero-order valence-electron chi connectivity index (χ0n) is 10.6. The minimum Gasteiger partial charge on any atom is -0.335 e. The molecular formula is C13H17N3OS. The van der Waals surface area contributed by atoms with Crippen LogP contribution in [0.1, 0.15) is 20.3 Å². The Hall–Kier alpha value is -1.49. The van der Waals surface area contributed by atoms with Crippen LogP contribution in [0.15, 0.2) is 29.3 Å². The number of rotatable bonds is 2. The van der Waals surface area contributed by atoms with Gasteiger partial charge in [-0.05, 0) is 37.6 Å². The van der Waals surface area contributed by atoms with Gasteiger partial charge in [0.15, 0.2) is 5.17 Å². The van der Waals surface area contributed by atoms with Crippen molar-refractivity contribution >= 4 is 34.2 Å². The number of amides is 1. The molecule has 1 aromatic rings. The third-order valence-electron chi connectivity index (χ3n) is 2.57. The van der Waals surface area contributed by atoms with Crippen LogP contribution in [0.2, 0.25) is 0 Å². The molecule has 96 valence electrons. The Morgan fingerprint density at radius 2 is 2.00 bits per heavy atom. The Morgan fingerprint density at radius 1 is 1.33 bits per heavy atom. The first kappa shape index (κ1) is 13.0. The highest BCUT2D eigenvalue weighted by atomic mass is 32.2. The summed E-state index contributed by atoms with van der Waals surface area (Å²) in [6, 6.07) is 8.02. The summed E-state index contributed by atoms with van der Waals surface area (Å²) in [6.07, 6.45) is 1.14. The zero-order valence-corrected chi connectivity index (χ0v) is 11.4.